The van der Waals surface area contributed by atoms with Crippen LogP contribution in [0.1, 0.15) is 16.9 Å². The van der Waals surface area contributed by atoms with Crippen LogP contribution in [-0.2, 0) is 4.74 Å². The fourth-order valence-electron chi connectivity index (χ4n) is 1.85. The normalized spacial score (nSPS) is 10.5. The predicted octanol–water partition coefficient (Wildman–Crippen LogP) is 2.59. The molecule has 20 heavy (non-hydrogen) atoms. The Hall–Kier alpha value is -2.14. The van der Waals surface area contributed by atoms with E-state index in [2.05, 4.69) is 10.3 Å². The molecule has 5 heteroatoms. The molecule has 1 aromatic carbocycles. The molecule has 0 saturated heterocycles. The molecule has 1 heterocycles. The number of nitrogens with one attached hydrogen (secondary N) is 2. The van der Waals surface area contributed by atoms with E-state index in [0.717, 1.165) is 17.5 Å². The number of hydrogen-bond acceptors (Lipinski definition) is 2. The fraction of sp³-hybridized carbons (Fsp3) is 0.267. The van der Waals surface area contributed by atoms with E-state index in [1.54, 1.807) is 31.5 Å². The largest absolute Gasteiger partial charge is 0.385 e. The van der Waals surface area contributed by atoms with Gasteiger partial charge in [-0.3, -0.25) is 4.79 Å². The van der Waals surface area contributed by atoms with E-state index in [1.165, 1.54) is 12.1 Å². The van der Waals surface area contributed by atoms with Gasteiger partial charge < -0.3 is 15.0 Å². The Bertz CT molecular complexity index is 564. The molecule has 4 nitrogen and oxygen atoms in total. The molecule has 106 valence electrons. The average molecular weight is 276 g/mol. The van der Waals surface area contributed by atoms with Crippen molar-refractivity contribution < 1.29 is 13.9 Å². The number of halogens is 1. The number of amides is 1. The second-order valence-electron chi connectivity index (χ2n) is 4.41. The van der Waals surface area contributed by atoms with E-state index in [-0.39, 0.29) is 11.7 Å². The van der Waals surface area contributed by atoms with Gasteiger partial charge in [0.05, 0.1) is 0 Å². The smallest absolute Gasteiger partial charge is 0.267 e. The highest BCUT2D eigenvalue weighted by molar-refractivity contribution is 5.93. The molecule has 0 radical (unpaired) electrons. The lowest BCUT2D eigenvalue weighted by molar-refractivity contribution is 0.0944. The maximum absolute atomic E-state index is 12.9. The Balaban J connectivity index is 1.98. The van der Waals surface area contributed by atoms with Crippen molar-refractivity contribution in [1.82, 2.24) is 10.3 Å². The molecule has 0 atom stereocenters. The van der Waals surface area contributed by atoms with Gasteiger partial charge in [-0.1, -0.05) is 12.1 Å². The third-order valence-electron chi connectivity index (χ3n) is 2.92. The van der Waals surface area contributed by atoms with Gasteiger partial charge in [-0.05, 0) is 35.7 Å². The third kappa shape index (κ3) is 3.68. The molecule has 0 bridgehead atoms. The minimum atomic E-state index is -0.277. The molecule has 0 aliphatic carbocycles. The van der Waals surface area contributed by atoms with Crippen molar-refractivity contribution in [3.05, 3.63) is 48.0 Å². The van der Waals surface area contributed by atoms with E-state index >= 15 is 0 Å². The molecule has 0 fully saturated rings. The fourth-order valence-corrected chi connectivity index (χ4v) is 1.85. The second kappa shape index (κ2) is 6.86. The van der Waals surface area contributed by atoms with E-state index < -0.39 is 0 Å². The van der Waals surface area contributed by atoms with Gasteiger partial charge in [0.25, 0.3) is 5.91 Å². The minimum absolute atomic E-state index is 0.158. The van der Waals surface area contributed by atoms with Crippen LogP contribution >= 0.6 is 0 Å². The number of carbonyl (C=O) groups excluding carboxylic acids is 1. The lowest BCUT2D eigenvalue weighted by atomic mass is 10.1. The Morgan fingerprint density at radius 1 is 1.30 bits per heavy atom. The molecule has 0 aliphatic rings. The summed E-state index contributed by atoms with van der Waals surface area (Å²) in [4.78, 5) is 14.8. The first-order chi connectivity index (χ1) is 9.70. The minimum Gasteiger partial charge on any atom is -0.385 e. The van der Waals surface area contributed by atoms with Crippen LogP contribution in [0.25, 0.3) is 11.1 Å². The first-order valence-corrected chi connectivity index (χ1v) is 6.42. The number of methoxy groups -OCH3 is 1. The summed E-state index contributed by atoms with van der Waals surface area (Å²) in [6, 6.07) is 7.90. The SMILES string of the molecule is COCCCNC(=O)c1cc(-c2ccc(F)cc2)c[nH]1. The monoisotopic (exact) mass is 276 g/mol. The van der Waals surface area contributed by atoms with E-state index in [0.29, 0.717) is 18.8 Å². The van der Waals surface area contributed by atoms with Crippen molar-refractivity contribution in [2.24, 2.45) is 0 Å². The Morgan fingerprint density at radius 3 is 2.75 bits per heavy atom. The van der Waals surface area contributed by atoms with Crippen LogP contribution in [0.15, 0.2) is 36.5 Å². The number of aromatic amines is 1. The molecule has 0 spiro atoms. The molecule has 0 aliphatic heterocycles. The van der Waals surface area contributed by atoms with Crippen LogP contribution in [0.3, 0.4) is 0 Å². The molecule has 1 amide bonds. The standard InChI is InChI=1S/C15H17FN2O2/c1-20-8-2-7-17-15(19)14-9-12(10-18-14)11-3-5-13(16)6-4-11/h3-6,9-10,18H,2,7-8H2,1H3,(H,17,19). The van der Waals surface area contributed by atoms with Crippen molar-refractivity contribution >= 4 is 5.91 Å². The summed E-state index contributed by atoms with van der Waals surface area (Å²) in [5.41, 5.74) is 2.20. The van der Waals surface area contributed by atoms with Gasteiger partial charge in [-0.15, -0.1) is 0 Å². The van der Waals surface area contributed by atoms with Crippen molar-refractivity contribution in [2.45, 2.75) is 6.42 Å². The summed E-state index contributed by atoms with van der Waals surface area (Å²) >= 11 is 0. The van der Waals surface area contributed by atoms with Crippen LogP contribution in [0.2, 0.25) is 0 Å². The third-order valence-corrected chi connectivity index (χ3v) is 2.92. The lowest BCUT2D eigenvalue weighted by Gasteiger charge is -2.02. The zero-order chi connectivity index (χ0) is 14.4. The van der Waals surface area contributed by atoms with Crippen molar-refractivity contribution in [3.8, 4) is 11.1 Å². The Labute approximate surface area is 117 Å². The zero-order valence-electron chi connectivity index (χ0n) is 11.3. The predicted molar refractivity (Wildman–Crippen MR) is 75.0 cm³/mol. The molecule has 0 unspecified atom stereocenters. The van der Waals surface area contributed by atoms with Gasteiger partial charge in [-0.2, -0.15) is 0 Å². The second-order valence-corrected chi connectivity index (χ2v) is 4.41. The molecule has 1 aromatic heterocycles. The van der Waals surface area contributed by atoms with E-state index in [4.69, 9.17) is 4.74 Å². The van der Waals surface area contributed by atoms with Crippen molar-refractivity contribution in [2.75, 3.05) is 20.3 Å². The van der Waals surface area contributed by atoms with Gasteiger partial charge in [-0.25, -0.2) is 4.39 Å². The highest BCUT2D eigenvalue weighted by Crippen LogP contribution is 2.20. The summed E-state index contributed by atoms with van der Waals surface area (Å²) in [5, 5.41) is 2.80. The lowest BCUT2D eigenvalue weighted by Crippen LogP contribution is -2.25. The molecular weight excluding hydrogens is 259 g/mol. The quantitative estimate of drug-likeness (QED) is 0.797. The molecule has 2 N–H and O–H groups in total. The van der Waals surface area contributed by atoms with Crippen LogP contribution in [0.4, 0.5) is 4.39 Å². The summed E-state index contributed by atoms with van der Waals surface area (Å²) in [7, 11) is 1.63. The highest BCUT2D eigenvalue weighted by atomic mass is 19.1. The number of hydrogen-bond donors (Lipinski definition) is 2. The van der Waals surface area contributed by atoms with Gasteiger partial charge in [0.1, 0.15) is 11.5 Å². The average Bonchev–Trinajstić information content (AvgIpc) is 2.94. The maximum Gasteiger partial charge on any atom is 0.267 e. The van der Waals surface area contributed by atoms with Gasteiger partial charge in [0, 0.05) is 26.5 Å². The summed E-state index contributed by atoms with van der Waals surface area (Å²) in [6.45, 7) is 1.18. The first-order valence-electron chi connectivity index (χ1n) is 6.42. The number of benzene rings is 1. The number of rotatable bonds is 6. The molecule has 2 aromatic rings. The Kier molecular flexibility index (Phi) is 4.90. The van der Waals surface area contributed by atoms with Crippen molar-refractivity contribution in [3.63, 3.8) is 0 Å². The topological polar surface area (TPSA) is 54.1 Å². The maximum atomic E-state index is 12.9. The van der Waals surface area contributed by atoms with Crippen LogP contribution < -0.4 is 5.32 Å². The van der Waals surface area contributed by atoms with E-state index in [1.807, 2.05) is 0 Å². The van der Waals surface area contributed by atoms with Gasteiger partial charge in [0.2, 0.25) is 0 Å². The van der Waals surface area contributed by atoms with Gasteiger partial charge >= 0.3 is 0 Å². The highest BCUT2D eigenvalue weighted by Gasteiger charge is 2.09. The number of H-pyrrole nitrogens is 1. The molecular formula is C15H17FN2O2. The van der Waals surface area contributed by atoms with Crippen LogP contribution in [-0.4, -0.2) is 31.2 Å². The Morgan fingerprint density at radius 2 is 2.05 bits per heavy atom. The number of aromatic nitrogens is 1. The van der Waals surface area contributed by atoms with Crippen LogP contribution in [0, 0.1) is 5.82 Å². The summed E-state index contributed by atoms with van der Waals surface area (Å²) in [6.07, 6.45) is 2.51. The summed E-state index contributed by atoms with van der Waals surface area (Å²) in [5.74, 6) is -0.435. The van der Waals surface area contributed by atoms with Crippen molar-refractivity contribution in [1.29, 1.82) is 0 Å². The number of carbonyl (C=O) groups is 1. The first kappa shape index (κ1) is 14.3. The molecule has 0 saturated carbocycles. The van der Waals surface area contributed by atoms with Gasteiger partial charge in [0.15, 0.2) is 0 Å². The van der Waals surface area contributed by atoms with E-state index in [9.17, 15) is 9.18 Å². The number of ether oxygens (including phenoxy) is 1. The molecule has 2 rings (SSSR count). The summed E-state index contributed by atoms with van der Waals surface area (Å²) < 4.78 is 17.8. The van der Waals surface area contributed by atoms with Crippen LogP contribution in [0.5, 0.6) is 0 Å². The zero-order valence-corrected chi connectivity index (χ0v) is 11.3.